The molecule has 0 spiro atoms. The van der Waals surface area contributed by atoms with Gasteiger partial charge in [0.2, 0.25) is 0 Å². The van der Waals surface area contributed by atoms with E-state index in [0.717, 1.165) is 23.5 Å². The van der Waals surface area contributed by atoms with Gasteiger partial charge in [-0.05, 0) is 63.3 Å². The summed E-state index contributed by atoms with van der Waals surface area (Å²) in [5.41, 5.74) is 4.32. The van der Waals surface area contributed by atoms with Crippen molar-refractivity contribution >= 4 is 17.2 Å². The second-order valence-electron chi connectivity index (χ2n) is 5.61. The molecule has 0 heterocycles. The number of nitrogens with one attached hydrogen (secondary N) is 2. The first-order valence-corrected chi connectivity index (χ1v) is 7.64. The molecule has 1 aliphatic rings. The van der Waals surface area contributed by atoms with Crippen LogP contribution in [0, 0.1) is 0 Å². The lowest BCUT2D eigenvalue weighted by atomic mass is 10.0. The summed E-state index contributed by atoms with van der Waals surface area (Å²) < 4.78 is 0. The second kappa shape index (κ2) is 7.67. The summed E-state index contributed by atoms with van der Waals surface area (Å²) in [6, 6.07) is 8.20. The number of carbonyl (C=O) groups is 1. The number of carbonyl (C=O) groups excluding carboxylic acids is 1. The van der Waals surface area contributed by atoms with Crippen molar-refractivity contribution in [3.8, 4) is 0 Å². The summed E-state index contributed by atoms with van der Waals surface area (Å²) in [5, 5.41) is 6.71. The Bertz CT molecular complexity index is 529. The zero-order valence-corrected chi connectivity index (χ0v) is 12.7. The molecule has 3 nitrogen and oxygen atoms in total. The summed E-state index contributed by atoms with van der Waals surface area (Å²) in [6.45, 7) is 5.55. The summed E-state index contributed by atoms with van der Waals surface area (Å²) in [7, 11) is 0. The van der Waals surface area contributed by atoms with Gasteiger partial charge in [-0.3, -0.25) is 0 Å². The molecule has 0 atom stereocenters. The molecule has 2 rings (SSSR count). The van der Waals surface area contributed by atoms with Crippen molar-refractivity contribution < 1.29 is 4.79 Å². The maximum atomic E-state index is 11.0. The highest BCUT2D eigenvalue weighted by atomic mass is 16.1. The van der Waals surface area contributed by atoms with E-state index >= 15 is 0 Å². The monoisotopic (exact) mass is 284 g/mol. The van der Waals surface area contributed by atoms with Gasteiger partial charge in [-0.2, -0.15) is 0 Å². The number of hydrogen-bond acceptors (Lipinski definition) is 3. The van der Waals surface area contributed by atoms with Gasteiger partial charge in [0.1, 0.15) is 5.78 Å². The molecule has 2 N–H and O–H groups in total. The Labute approximate surface area is 127 Å². The number of anilines is 2. The van der Waals surface area contributed by atoms with Crippen molar-refractivity contribution in [2.45, 2.75) is 45.4 Å². The topological polar surface area (TPSA) is 41.1 Å². The largest absolute Gasteiger partial charge is 0.359 e. The summed E-state index contributed by atoms with van der Waals surface area (Å²) >= 11 is 0. The van der Waals surface area contributed by atoms with E-state index < -0.39 is 0 Å². The molecular weight excluding hydrogens is 260 g/mol. The Hall–Kier alpha value is -2.03. The van der Waals surface area contributed by atoms with E-state index in [1.54, 1.807) is 6.92 Å². The Morgan fingerprint density at radius 2 is 1.86 bits per heavy atom. The van der Waals surface area contributed by atoms with Crippen LogP contribution in [0.3, 0.4) is 0 Å². The van der Waals surface area contributed by atoms with Crippen LogP contribution >= 0.6 is 0 Å². The Kier molecular flexibility index (Phi) is 5.61. The first kappa shape index (κ1) is 15.4. The van der Waals surface area contributed by atoms with E-state index in [4.69, 9.17) is 0 Å². The van der Waals surface area contributed by atoms with Crippen LogP contribution in [-0.2, 0) is 4.79 Å². The third kappa shape index (κ3) is 5.46. The van der Waals surface area contributed by atoms with Crippen LogP contribution in [0.1, 0.15) is 45.4 Å². The number of ketones is 1. The molecule has 0 aromatic heterocycles. The van der Waals surface area contributed by atoms with Gasteiger partial charge >= 0.3 is 0 Å². The normalized spacial score (nSPS) is 14.2. The Morgan fingerprint density at radius 1 is 1.14 bits per heavy atom. The lowest BCUT2D eigenvalue weighted by molar-refractivity contribution is -0.116. The van der Waals surface area contributed by atoms with Gasteiger partial charge in [0.15, 0.2) is 0 Å². The Morgan fingerprint density at radius 3 is 2.48 bits per heavy atom. The predicted octanol–water partition coefficient (Wildman–Crippen LogP) is 4.85. The maximum absolute atomic E-state index is 11.0. The van der Waals surface area contributed by atoms with Gasteiger partial charge in [0.25, 0.3) is 0 Å². The first-order valence-electron chi connectivity index (χ1n) is 7.64. The molecular formula is C18H24N2O. The predicted molar refractivity (Wildman–Crippen MR) is 89.3 cm³/mol. The third-order valence-electron chi connectivity index (χ3n) is 3.58. The number of Topliss-reactive ketones (excluding diaryl/α,β-unsaturated/α-hetero) is 1. The van der Waals surface area contributed by atoms with E-state index in [0.29, 0.717) is 12.8 Å². The molecule has 0 fully saturated rings. The zero-order valence-electron chi connectivity index (χ0n) is 12.7. The molecule has 0 saturated heterocycles. The zero-order chi connectivity index (χ0) is 15.1. The van der Waals surface area contributed by atoms with Gasteiger partial charge in [0, 0.05) is 29.2 Å². The Balaban J connectivity index is 1.85. The van der Waals surface area contributed by atoms with Crippen LogP contribution in [-0.4, -0.2) is 5.78 Å². The molecule has 0 aliphatic heterocycles. The SMILES string of the molecule is C=C(CCC(C)=O)Nc1ccc(NC2=CCCCC2)cc1. The molecule has 0 radical (unpaired) electrons. The van der Waals surface area contributed by atoms with Gasteiger partial charge < -0.3 is 15.4 Å². The average molecular weight is 284 g/mol. The van der Waals surface area contributed by atoms with Crippen LogP contribution in [0.25, 0.3) is 0 Å². The summed E-state index contributed by atoms with van der Waals surface area (Å²) in [6.07, 6.45) is 8.41. The molecule has 0 unspecified atom stereocenters. The number of benzene rings is 1. The first-order chi connectivity index (χ1) is 10.1. The molecule has 3 heteroatoms. The van der Waals surface area contributed by atoms with Gasteiger partial charge in [-0.1, -0.05) is 12.7 Å². The van der Waals surface area contributed by atoms with Gasteiger partial charge in [-0.25, -0.2) is 0 Å². The van der Waals surface area contributed by atoms with Crippen molar-refractivity contribution in [1.82, 2.24) is 0 Å². The highest BCUT2D eigenvalue weighted by Gasteiger charge is 2.04. The highest BCUT2D eigenvalue weighted by Crippen LogP contribution is 2.22. The summed E-state index contributed by atoms with van der Waals surface area (Å²) in [4.78, 5) is 11.0. The molecule has 21 heavy (non-hydrogen) atoms. The fraction of sp³-hybridized carbons (Fsp3) is 0.389. The number of allylic oxidation sites excluding steroid dienone is 3. The highest BCUT2D eigenvalue weighted by molar-refractivity contribution is 5.75. The third-order valence-corrected chi connectivity index (χ3v) is 3.58. The number of hydrogen-bond donors (Lipinski definition) is 2. The van der Waals surface area contributed by atoms with E-state index in [2.05, 4.69) is 35.4 Å². The fourth-order valence-electron chi connectivity index (χ4n) is 2.37. The van der Waals surface area contributed by atoms with E-state index in [1.165, 1.54) is 25.0 Å². The van der Waals surface area contributed by atoms with Crippen molar-refractivity contribution in [2.75, 3.05) is 10.6 Å². The fourth-order valence-corrected chi connectivity index (χ4v) is 2.37. The van der Waals surface area contributed by atoms with E-state index in [-0.39, 0.29) is 5.78 Å². The summed E-state index contributed by atoms with van der Waals surface area (Å²) in [5.74, 6) is 0.193. The van der Waals surface area contributed by atoms with Crippen LogP contribution < -0.4 is 10.6 Å². The molecule has 1 aromatic rings. The second-order valence-corrected chi connectivity index (χ2v) is 5.61. The quantitative estimate of drug-likeness (QED) is 0.752. The van der Waals surface area contributed by atoms with Crippen LogP contribution in [0.5, 0.6) is 0 Å². The van der Waals surface area contributed by atoms with E-state index in [1.807, 2.05) is 12.1 Å². The standard InChI is InChI=1S/C18H24N2O/c1-14(8-9-15(2)21)19-17-10-12-18(13-11-17)20-16-6-4-3-5-7-16/h6,10-13,19-20H,1,3-5,7-9H2,2H3. The van der Waals surface area contributed by atoms with Gasteiger partial charge in [-0.15, -0.1) is 0 Å². The van der Waals surface area contributed by atoms with Crippen molar-refractivity contribution in [3.05, 3.63) is 48.3 Å². The van der Waals surface area contributed by atoms with Crippen molar-refractivity contribution in [2.24, 2.45) is 0 Å². The molecule has 0 saturated carbocycles. The van der Waals surface area contributed by atoms with Crippen LogP contribution in [0.4, 0.5) is 11.4 Å². The van der Waals surface area contributed by atoms with Crippen LogP contribution in [0.15, 0.2) is 48.3 Å². The van der Waals surface area contributed by atoms with Crippen molar-refractivity contribution in [3.63, 3.8) is 0 Å². The van der Waals surface area contributed by atoms with Crippen molar-refractivity contribution in [1.29, 1.82) is 0 Å². The minimum atomic E-state index is 0.193. The maximum Gasteiger partial charge on any atom is 0.130 e. The molecule has 1 aromatic carbocycles. The number of rotatable bonds is 7. The molecule has 0 amide bonds. The van der Waals surface area contributed by atoms with E-state index in [9.17, 15) is 4.79 Å². The minimum Gasteiger partial charge on any atom is -0.359 e. The average Bonchev–Trinajstić information content (AvgIpc) is 2.48. The van der Waals surface area contributed by atoms with Crippen LogP contribution in [0.2, 0.25) is 0 Å². The molecule has 112 valence electrons. The molecule has 0 bridgehead atoms. The molecule has 1 aliphatic carbocycles. The minimum absolute atomic E-state index is 0.193. The van der Waals surface area contributed by atoms with Gasteiger partial charge in [0.05, 0.1) is 0 Å². The lowest BCUT2D eigenvalue weighted by Gasteiger charge is -2.15. The lowest BCUT2D eigenvalue weighted by Crippen LogP contribution is -2.03. The smallest absolute Gasteiger partial charge is 0.130 e.